The SMILES string of the molecule is F[B-](F)(F)F.Fc1cnc2ccccc2[n+]1F. The zero-order valence-corrected chi connectivity index (χ0v) is 8.13. The lowest BCUT2D eigenvalue weighted by Gasteiger charge is -1.94. The molecule has 0 spiro atoms. The molecule has 0 bridgehead atoms. The highest BCUT2D eigenvalue weighted by molar-refractivity contribution is 6.50. The number of benzene rings is 1. The molecule has 0 saturated heterocycles. The van der Waals surface area contributed by atoms with Gasteiger partial charge in [0.25, 0.3) is 5.52 Å². The van der Waals surface area contributed by atoms with Crippen molar-refractivity contribution >= 4 is 18.3 Å². The standard InChI is InChI=1S/C8H5F2N2.BF4/c9-8-5-11-6-3-1-2-4-7(6)12(8)10;2-1(3,4)5/h1-5H;/q+1;-1. The zero-order chi connectivity index (χ0) is 13.1. The molecule has 17 heavy (non-hydrogen) atoms. The van der Waals surface area contributed by atoms with Crippen LogP contribution in [0, 0.1) is 5.95 Å². The average molecular weight is 254 g/mol. The molecule has 1 heterocycles. The molecule has 0 unspecified atom stereocenters. The van der Waals surface area contributed by atoms with Gasteiger partial charge in [-0.3, -0.25) is 0 Å². The van der Waals surface area contributed by atoms with E-state index in [1.807, 2.05) is 0 Å². The van der Waals surface area contributed by atoms with E-state index in [1.54, 1.807) is 18.2 Å². The molecule has 1 aromatic heterocycles. The minimum Gasteiger partial charge on any atom is -0.418 e. The molecule has 1 aromatic carbocycles. The Bertz CT molecular complexity index is 509. The lowest BCUT2D eigenvalue weighted by Crippen LogP contribution is -2.28. The number of halogens is 6. The van der Waals surface area contributed by atoms with Gasteiger partial charge < -0.3 is 17.3 Å². The summed E-state index contributed by atoms with van der Waals surface area (Å²) in [5.41, 5.74) is 0.568. The molecule has 0 aliphatic rings. The van der Waals surface area contributed by atoms with Crippen LogP contribution in [0.1, 0.15) is 0 Å². The van der Waals surface area contributed by atoms with Crippen molar-refractivity contribution in [2.75, 3.05) is 0 Å². The second kappa shape index (κ2) is 5.02. The molecule has 2 rings (SSSR count). The summed E-state index contributed by atoms with van der Waals surface area (Å²) in [6, 6.07) is 6.42. The Hall–Kier alpha value is -1.80. The summed E-state index contributed by atoms with van der Waals surface area (Å²) in [7, 11) is -6.00. The van der Waals surface area contributed by atoms with Crippen molar-refractivity contribution in [1.29, 1.82) is 0 Å². The largest absolute Gasteiger partial charge is 0.673 e. The molecule has 0 saturated carbocycles. The molecular weight excluding hydrogens is 249 g/mol. The first-order chi connectivity index (χ1) is 7.79. The quantitative estimate of drug-likeness (QED) is 0.521. The summed E-state index contributed by atoms with van der Waals surface area (Å²) >= 11 is 0. The molecule has 0 radical (unpaired) electrons. The van der Waals surface area contributed by atoms with E-state index in [2.05, 4.69) is 4.98 Å². The third-order valence-electron chi connectivity index (χ3n) is 1.59. The predicted molar refractivity (Wildman–Crippen MR) is 48.6 cm³/mol. The third kappa shape index (κ3) is 4.29. The van der Waals surface area contributed by atoms with E-state index in [1.165, 1.54) is 6.07 Å². The summed E-state index contributed by atoms with van der Waals surface area (Å²) in [6.45, 7) is 0. The normalized spacial score (nSPS) is 10.9. The molecule has 0 amide bonds. The van der Waals surface area contributed by atoms with Gasteiger partial charge >= 0.3 is 13.2 Å². The first kappa shape index (κ1) is 13.3. The zero-order valence-electron chi connectivity index (χ0n) is 8.13. The van der Waals surface area contributed by atoms with Crippen LogP contribution < -0.4 is 4.79 Å². The molecular formula is C8H5BF6N2. The summed E-state index contributed by atoms with van der Waals surface area (Å²) in [4.78, 5) is 3.68. The van der Waals surface area contributed by atoms with Gasteiger partial charge in [0.2, 0.25) is 0 Å². The number of hydrogen-bond donors (Lipinski definition) is 0. The second-order valence-corrected chi connectivity index (χ2v) is 2.85. The maximum atomic E-state index is 12.9. The highest BCUT2D eigenvalue weighted by Crippen LogP contribution is 2.07. The van der Waals surface area contributed by atoms with Crippen molar-refractivity contribution in [3.8, 4) is 0 Å². The maximum Gasteiger partial charge on any atom is 0.673 e. The Labute approximate surface area is 91.6 Å². The van der Waals surface area contributed by atoms with Gasteiger partial charge in [-0.2, -0.15) is 0 Å². The third-order valence-corrected chi connectivity index (χ3v) is 1.59. The average Bonchev–Trinajstić information content (AvgIpc) is 2.22. The van der Waals surface area contributed by atoms with E-state index in [9.17, 15) is 26.1 Å². The van der Waals surface area contributed by atoms with E-state index in [0.717, 1.165) is 6.20 Å². The summed E-state index contributed by atoms with van der Waals surface area (Å²) in [5.74, 6) is -0.992. The smallest absolute Gasteiger partial charge is 0.418 e. The Balaban J connectivity index is 0.000000249. The van der Waals surface area contributed by atoms with E-state index in [4.69, 9.17) is 0 Å². The van der Waals surface area contributed by atoms with Gasteiger partial charge in [0.15, 0.2) is 0 Å². The van der Waals surface area contributed by atoms with Crippen LogP contribution in [0.2, 0.25) is 0 Å². The lowest BCUT2D eigenvalue weighted by molar-refractivity contribution is -0.844. The molecule has 9 heteroatoms. The van der Waals surface area contributed by atoms with E-state index >= 15 is 0 Å². The highest BCUT2D eigenvalue weighted by atomic mass is 19.5. The molecule has 2 aromatic rings. The van der Waals surface area contributed by atoms with Crippen LogP contribution in [0.5, 0.6) is 0 Å². The molecule has 0 atom stereocenters. The predicted octanol–water partition coefficient (Wildman–Crippen LogP) is 2.69. The molecule has 0 aliphatic carbocycles. The van der Waals surface area contributed by atoms with Gasteiger partial charge in [-0.25, -0.2) is 4.98 Å². The van der Waals surface area contributed by atoms with Crippen molar-refractivity contribution in [1.82, 2.24) is 4.98 Å². The molecule has 0 N–H and O–H groups in total. The van der Waals surface area contributed by atoms with Gasteiger partial charge in [-0.15, -0.1) is 4.39 Å². The van der Waals surface area contributed by atoms with Crippen LogP contribution >= 0.6 is 0 Å². The van der Waals surface area contributed by atoms with Crippen LogP contribution in [-0.4, -0.2) is 12.2 Å². The number of fused-ring (bicyclic) bond motifs is 1. The summed E-state index contributed by atoms with van der Waals surface area (Å²) < 4.78 is 64.5. The van der Waals surface area contributed by atoms with Gasteiger partial charge in [0.05, 0.1) is 9.27 Å². The Morgan fingerprint density at radius 3 is 2.18 bits per heavy atom. The number of rotatable bonds is 0. The van der Waals surface area contributed by atoms with Crippen LogP contribution in [0.25, 0.3) is 11.0 Å². The first-order valence-corrected chi connectivity index (χ1v) is 4.28. The maximum absolute atomic E-state index is 12.9. The summed E-state index contributed by atoms with van der Waals surface area (Å²) in [6.07, 6.45) is 0.850. The van der Waals surface area contributed by atoms with Crippen molar-refractivity contribution in [2.45, 2.75) is 0 Å². The number of aromatic nitrogens is 2. The van der Waals surface area contributed by atoms with E-state index < -0.39 is 13.2 Å². The van der Waals surface area contributed by atoms with Crippen molar-refractivity contribution in [2.24, 2.45) is 0 Å². The fraction of sp³-hybridized carbons (Fsp3) is 0. The number of nitrogens with zero attached hydrogens (tertiary/aromatic N) is 2. The topological polar surface area (TPSA) is 16.8 Å². The van der Waals surface area contributed by atoms with Gasteiger partial charge in [-0.1, -0.05) is 12.1 Å². The van der Waals surface area contributed by atoms with Crippen LogP contribution in [0.4, 0.5) is 26.1 Å². The Kier molecular flexibility index (Phi) is 3.92. The minimum absolute atomic E-state index is 0.0255. The first-order valence-electron chi connectivity index (χ1n) is 4.28. The molecule has 0 aliphatic heterocycles. The van der Waals surface area contributed by atoms with Crippen LogP contribution in [0.3, 0.4) is 0 Å². The van der Waals surface area contributed by atoms with Gasteiger partial charge in [-0.05, 0) is 6.07 Å². The van der Waals surface area contributed by atoms with E-state index in [0.29, 0.717) is 5.52 Å². The van der Waals surface area contributed by atoms with Gasteiger partial charge in [0.1, 0.15) is 11.7 Å². The van der Waals surface area contributed by atoms with Crippen LogP contribution in [-0.2, 0) is 0 Å². The Morgan fingerprint density at radius 2 is 1.59 bits per heavy atom. The molecule has 92 valence electrons. The van der Waals surface area contributed by atoms with Gasteiger partial charge in [0, 0.05) is 6.07 Å². The second-order valence-electron chi connectivity index (χ2n) is 2.85. The van der Waals surface area contributed by atoms with E-state index in [-0.39, 0.29) is 10.3 Å². The highest BCUT2D eigenvalue weighted by Gasteiger charge is 2.20. The fourth-order valence-corrected chi connectivity index (χ4v) is 1.03. The monoisotopic (exact) mass is 254 g/mol. The number of para-hydroxylation sites is 2. The van der Waals surface area contributed by atoms with Crippen LogP contribution in [0.15, 0.2) is 30.5 Å². The van der Waals surface area contributed by atoms with Crippen molar-refractivity contribution < 1.29 is 30.9 Å². The summed E-state index contributed by atoms with van der Waals surface area (Å²) in [5, 5.41) is 0. The van der Waals surface area contributed by atoms with Crippen molar-refractivity contribution in [3.63, 3.8) is 0 Å². The Morgan fingerprint density at radius 1 is 1.06 bits per heavy atom. The minimum atomic E-state index is -6.00. The lowest BCUT2D eigenvalue weighted by atomic mass is 10.3. The molecule has 0 fully saturated rings. The number of hydrogen-bond acceptors (Lipinski definition) is 1. The molecule has 2 nitrogen and oxygen atoms in total. The fourth-order valence-electron chi connectivity index (χ4n) is 1.03. The van der Waals surface area contributed by atoms with Crippen molar-refractivity contribution in [3.05, 3.63) is 36.4 Å².